The van der Waals surface area contributed by atoms with Gasteiger partial charge in [0, 0.05) is 31.1 Å². The molecule has 1 fully saturated rings. The van der Waals surface area contributed by atoms with Gasteiger partial charge in [-0.15, -0.1) is 11.8 Å². The van der Waals surface area contributed by atoms with Gasteiger partial charge in [0.05, 0.1) is 18.6 Å². The molecule has 0 saturated carbocycles. The third-order valence-electron chi connectivity index (χ3n) is 4.60. The molecule has 0 unspecified atom stereocenters. The lowest BCUT2D eigenvalue weighted by atomic mass is 10.2. The van der Waals surface area contributed by atoms with Crippen molar-refractivity contribution < 1.29 is 23.5 Å². The van der Waals surface area contributed by atoms with Gasteiger partial charge in [0.25, 0.3) is 5.91 Å². The topological polar surface area (TPSA) is 59.1 Å². The summed E-state index contributed by atoms with van der Waals surface area (Å²) in [5.41, 5.74) is 0.999. The molecule has 0 spiro atoms. The van der Waals surface area contributed by atoms with E-state index in [1.165, 1.54) is 6.07 Å². The minimum Gasteiger partial charge on any atom is -0.495 e. The van der Waals surface area contributed by atoms with E-state index in [1.807, 2.05) is 24.3 Å². The molecule has 0 aromatic heterocycles. The van der Waals surface area contributed by atoms with E-state index in [2.05, 4.69) is 4.90 Å². The number of hydrogen-bond donors (Lipinski definition) is 0. The van der Waals surface area contributed by atoms with Gasteiger partial charge in [-0.05, 0) is 24.3 Å². The third kappa shape index (κ3) is 5.63. The van der Waals surface area contributed by atoms with Crippen LogP contribution in [-0.2, 0) is 14.3 Å². The Morgan fingerprint density at radius 2 is 1.72 bits per heavy atom. The zero-order valence-electron chi connectivity index (χ0n) is 16.2. The first-order valence-electron chi connectivity index (χ1n) is 9.27. The van der Waals surface area contributed by atoms with Gasteiger partial charge in [-0.1, -0.05) is 24.3 Å². The van der Waals surface area contributed by atoms with Gasteiger partial charge in [-0.3, -0.25) is 9.59 Å². The Hall–Kier alpha value is -2.74. The zero-order chi connectivity index (χ0) is 20.6. The minimum atomic E-state index is -0.542. The van der Waals surface area contributed by atoms with E-state index in [9.17, 15) is 14.0 Å². The zero-order valence-corrected chi connectivity index (χ0v) is 17.0. The van der Waals surface area contributed by atoms with Crippen LogP contribution in [0.4, 0.5) is 10.1 Å². The second-order valence-electron chi connectivity index (χ2n) is 6.42. The summed E-state index contributed by atoms with van der Waals surface area (Å²) in [6.07, 6.45) is 0. The maximum absolute atomic E-state index is 13.6. The average molecular weight is 418 g/mol. The van der Waals surface area contributed by atoms with Crippen LogP contribution in [0.5, 0.6) is 5.75 Å². The molecule has 0 aliphatic carbocycles. The number of methoxy groups -OCH3 is 1. The van der Waals surface area contributed by atoms with Gasteiger partial charge in [-0.2, -0.15) is 0 Å². The van der Waals surface area contributed by atoms with Gasteiger partial charge in [0.1, 0.15) is 11.6 Å². The third-order valence-corrected chi connectivity index (χ3v) is 5.62. The van der Waals surface area contributed by atoms with Crippen molar-refractivity contribution in [3.05, 3.63) is 54.3 Å². The largest absolute Gasteiger partial charge is 0.495 e. The van der Waals surface area contributed by atoms with Gasteiger partial charge >= 0.3 is 5.97 Å². The number of benzene rings is 2. The summed E-state index contributed by atoms with van der Waals surface area (Å²) in [7, 11) is 1.64. The quantitative estimate of drug-likeness (QED) is 0.509. The molecule has 0 N–H and O–H groups in total. The summed E-state index contributed by atoms with van der Waals surface area (Å²) in [5.74, 6) is -0.397. The molecule has 3 rings (SSSR count). The molecule has 0 bridgehead atoms. The van der Waals surface area contributed by atoms with E-state index in [4.69, 9.17) is 9.47 Å². The second-order valence-corrected chi connectivity index (χ2v) is 7.44. The predicted octanol–water partition coefficient (Wildman–Crippen LogP) is 2.82. The molecule has 0 atom stereocenters. The van der Waals surface area contributed by atoms with Gasteiger partial charge < -0.3 is 19.3 Å². The van der Waals surface area contributed by atoms with E-state index in [1.54, 1.807) is 30.2 Å². The Balaban J connectivity index is 1.41. The van der Waals surface area contributed by atoms with Gasteiger partial charge in [0.15, 0.2) is 6.61 Å². The summed E-state index contributed by atoms with van der Waals surface area (Å²) >= 11 is 1.05. The molecular weight excluding hydrogens is 395 g/mol. The highest BCUT2D eigenvalue weighted by molar-refractivity contribution is 8.00. The molecule has 1 amide bonds. The van der Waals surface area contributed by atoms with Crippen LogP contribution in [0.3, 0.4) is 0 Å². The summed E-state index contributed by atoms with van der Waals surface area (Å²) < 4.78 is 24.0. The lowest BCUT2D eigenvalue weighted by molar-refractivity contribution is -0.150. The molecule has 1 heterocycles. The number of nitrogens with zero attached hydrogens (tertiary/aromatic N) is 2. The first kappa shape index (κ1) is 21.0. The van der Waals surface area contributed by atoms with Crippen LogP contribution in [0.25, 0.3) is 0 Å². The summed E-state index contributed by atoms with van der Waals surface area (Å²) in [5, 5.41) is 0. The summed E-state index contributed by atoms with van der Waals surface area (Å²) in [6, 6.07) is 14.0. The molecule has 1 saturated heterocycles. The number of carbonyl (C=O) groups excluding carboxylic acids is 2. The number of carbonyl (C=O) groups is 2. The SMILES string of the molecule is COc1ccccc1N1CCN(C(=O)COC(=O)CSc2ccccc2F)CC1. The van der Waals surface area contributed by atoms with Crippen molar-refractivity contribution in [2.75, 3.05) is 50.5 Å². The maximum Gasteiger partial charge on any atom is 0.316 e. The highest BCUT2D eigenvalue weighted by atomic mass is 32.2. The van der Waals surface area contributed by atoms with Gasteiger partial charge in [-0.25, -0.2) is 4.39 Å². The summed E-state index contributed by atoms with van der Waals surface area (Å²) in [4.78, 5) is 28.4. The summed E-state index contributed by atoms with van der Waals surface area (Å²) in [6.45, 7) is 2.12. The highest BCUT2D eigenvalue weighted by Gasteiger charge is 2.23. The van der Waals surface area contributed by atoms with Crippen molar-refractivity contribution in [3.63, 3.8) is 0 Å². The second kappa shape index (κ2) is 10.2. The normalized spacial score (nSPS) is 13.9. The van der Waals surface area contributed by atoms with E-state index < -0.39 is 5.97 Å². The number of halogens is 1. The van der Waals surface area contributed by atoms with E-state index >= 15 is 0 Å². The molecule has 154 valence electrons. The van der Waals surface area contributed by atoms with E-state index in [0.29, 0.717) is 31.1 Å². The number of thioether (sulfide) groups is 1. The molecule has 0 radical (unpaired) electrons. The maximum atomic E-state index is 13.6. The van der Waals surface area contributed by atoms with E-state index in [0.717, 1.165) is 23.2 Å². The van der Waals surface area contributed by atoms with Crippen LogP contribution in [0, 0.1) is 5.82 Å². The molecule has 29 heavy (non-hydrogen) atoms. The standard InChI is InChI=1S/C21H23FN2O4S/c1-27-18-8-4-3-7-17(18)23-10-12-24(13-11-23)20(25)14-28-21(26)15-29-19-9-5-2-6-16(19)22/h2-9H,10-15H2,1H3. The van der Waals surface area contributed by atoms with Crippen LogP contribution >= 0.6 is 11.8 Å². The number of piperazine rings is 1. The van der Waals surface area contributed by atoms with Crippen molar-refractivity contribution >= 4 is 29.3 Å². The molecule has 8 heteroatoms. The lowest BCUT2D eigenvalue weighted by Gasteiger charge is -2.36. The van der Waals surface area contributed by atoms with Crippen molar-refractivity contribution in [1.29, 1.82) is 0 Å². The Morgan fingerprint density at radius 3 is 2.45 bits per heavy atom. The molecule has 6 nitrogen and oxygen atoms in total. The van der Waals surface area contributed by atoms with Crippen LogP contribution in [0.15, 0.2) is 53.4 Å². The van der Waals surface area contributed by atoms with Crippen molar-refractivity contribution in [3.8, 4) is 5.75 Å². The molecule has 1 aliphatic rings. The first-order valence-corrected chi connectivity index (χ1v) is 10.3. The van der Waals surface area contributed by atoms with E-state index in [-0.39, 0.29) is 24.1 Å². The number of hydrogen-bond acceptors (Lipinski definition) is 6. The Kier molecular flexibility index (Phi) is 7.35. The average Bonchev–Trinajstić information content (AvgIpc) is 2.77. The molecule has 1 aliphatic heterocycles. The Morgan fingerprint density at radius 1 is 1.03 bits per heavy atom. The van der Waals surface area contributed by atoms with Crippen molar-refractivity contribution in [2.45, 2.75) is 4.90 Å². The number of ether oxygens (including phenoxy) is 2. The van der Waals surface area contributed by atoms with Crippen LogP contribution in [-0.4, -0.2) is 62.4 Å². The van der Waals surface area contributed by atoms with Crippen LogP contribution < -0.4 is 9.64 Å². The first-order chi connectivity index (χ1) is 14.1. The number of rotatable bonds is 7. The fourth-order valence-corrected chi connectivity index (χ4v) is 3.80. The number of amides is 1. The number of para-hydroxylation sites is 2. The smallest absolute Gasteiger partial charge is 0.316 e. The number of anilines is 1. The van der Waals surface area contributed by atoms with Crippen molar-refractivity contribution in [2.24, 2.45) is 0 Å². The lowest BCUT2D eigenvalue weighted by Crippen LogP contribution is -2.50. The Labute approximate surface area is 173 Å². The molecule has 2 aromatic carbocycles. The predicted molar refractivity (Wildman–Crippen MR) is 110 cm³/mol. The van der Waals surface area contributed by atoms with Crippen LogP contribution in [0.2, 0.25) is 0 Å². The Bertz CT molecular complexity index is 856. The number of esters is 1. The monoisotopic (exact) mass is 418 g/mol. The minimum absolute atomic E-state index is 0.0458. The molecular formula is C21H23FN2O4S. The molecule has 2 aromatic rings. The fourth-order valence-electron chi connectivity index (χ4n) is 3.06. The highest BCUT2D eigenvalue weighted by Crippen LogP contribution is 2.28. The van der Waals surface area contributed by atoms with Gasteiger partial charge in [0.2, 0.25) is 0 Å². The van der Waals surface area contributed by atoms with Crippen LogP contribution in [0.1, 0.15) is 0 Å². The van der Waals surface area contributed by atoms with Crippen molar-refractivity contribution in [1.82, 2.24) is 4.90 Å². The fraction of sp³-hybridized carbons (Fsp3) is 0.333.